The maximum Gasteiger partial charge on any atom is 0.255 e. The van der Waals surface area contributed by atoms with Gasteiger partial charge in [-0.3, -0.25) is 9.59 Å². The van der Waals surface area contributed by atoms with E-state index >= 15 is 0 Å². The van der Waals surface area contributed by atoms with Gasteiger partial charge < -0.3 is 15.1 Å². The molecule has 3 aromatic carbocycles. The number of amides is 2. The molecule has 152 valence electrons. The molecule has 4 rings (SSSR count). The van der Waals surface area contributed by atoms with E-state index in [-0.39, 0.29) is 11.8 Å². The Morgan fingerprint density at radius 1 is 1.00 bits per heavy atom. The van der Waals surface area contributed by atoms with Crippen LogP contribution >= 0.6 is 0 Å². The van der Waals surface area contributed by atoms with Crippen LogP contribution < -0.4 is 15.1 Å². The van der Waals surface area contributed by atoms with Crippen LogP contribution in [0.15, 0.2) is 78.9 Å². The third kappa shape index (κ3) is 4.35. The fourth-order valence-electron chi connectivity index (χ4n) is 3.79. The summed E-state index contributed by atoms with van der Waals surface area (Å²) >= 11 is 0. The predicted molar refractivity (Wildman–Crippen MR) is 121 cm³/mol. The summed E-state index contributed by atoms with van der Waals surface area (Å²) in [7, 11) is 2.01. The third-order valence-corrected chi connectivity index (χ3v) is 5.32. The van der Waals surface area contributed by atoms with E-state index in [1.165, 1.54) is 5.56 Å². The van der Waals surface area contributed by atoms with Crippen LogP contribution in [0.1, 0.15) is 28.8 Å². The lowest BCUT2D eigenvalue weighted by molar-refractivity contribution is -0.117. The zero-order chi connectivity index (χ0) is 20.9. The molecule has 5 heteroatoms. The fourth-order valence-corrected chi connectivity index (χ4v) is 3.79. The Bertz CT molecular complexity index is 1050. The number of nitrogens with zero attached hydrogens (tertiary/aromatic N) is 2. The van der Waals surface area contributed by atoms with Crippen molar-refractivity contribution >= 4 is 28.9 Å². The molecule has 30 heavy (non-hydrogen) atoms. The second kappa shape index (κ2) is 8.82. The van der Waals surface area contributed by atoms with E-state index < -0.39 is 0 Å². The Labute approximate surface area is 176 Å². The summed E-state index contributed by atoms with van der Waals surface area (Å²) in [5.74, 6) is -0.0792. The summed E-state index contributed by atoms with van der Waals surface area (Å²) in [5.41, 5.74) is 4.21. The van der Waals surface area contributed by atoms with E-state index in [0.29, 0.717) is 18.5 Å². The smallest absolute Gasteiger partial charge is 0.255 e. The first-order valence-electron chi connectivity index (χ1n) is 10.2. The molecule has 0 atom stereocenters. The number of rotatable bonds is 6. The zero-order valence-electron chi connectivity index (χ0n) is 17.0. The molecule has 1 heterocycles. The number of carbonyl (C=O) groups is 2. The van der Waals surface area contributed by atoms with Crippen molar-refractivity contribution in [3.05, 3.63) is 90.0 Å². The zero-order valence-corrected chi connectivity index (χ0v) is 17.0. The Balaban J connectivity index is 1.52. The molecule has 2 amide bonds. The molecule has 0 bridgehead atoms. The number of hydrogen-bond acceptors (Lipinski definition) is 3. The summed E-state index contributed by atoms with van der Waals surface area (Å²) in [5, 5.41) is 3.04. The van der Waals surface area contributed by atoms with Gasteiger partial charge in [0.2, 0.25) is 5.91 Å². The minimum absolute atomic E-state index is 0.112. The van der Waals surface area contributed by atoms with Crippen LogP contribution in [0.25, 0.3) is 0 Å². The topological polar surface area (TPSA) is 52.7 Å². The first-order valence-corrected chi connectivity index (χ1v) is 10.2. The van der Waals surface area contributed by atoms with Crippen LogP contribution in [0, 0.1) is 0 Å². The van der Waals surface area contributed by atoms with Gasteiger partial charge in [-0.05, 0) is 42.3 Å². The van der Waals surface area contributed by atoms with Gasteiger partial charge in [-0.1, -0.05) is 48.5 Å². The molecular weight excluding hydrogens is 374 g/mol. The lowest BCUT2D eigenvalue weighted by atomic mass is 10.1. The third-order valence-electron chi connectivity index (χ3n) is 5.32. The monoisotopic (exact) mass is 399 g/mol. The van der Waals surface area contributed by atoms with Gasteiger partial charge in [0.05, 0.1) is 11.4 Å². The van der Waals surface area contributed by atoms with Gasteiger partial charge >= 0.3 is 0 Å². The summed E-state index contributed by atoms with van der Waals surface area (Å²) < 4.78 is 0. The number of benzene rings is 3. The quantitative estimate of drug-likeness (QED) is 0.654. The van der Waals surface area contributed by atoms with Crippen LogP contribution in [0.4, 0.5) is 17.1 Å². The molecule has 0 saturated carbocycles. The van der Waals surface area contributed by atoms with Crippen LogP contribution in [-0.4, -0.2) is 25.4 Å². The van der Waals surface area contributed by atoms with Gasteiger partial charge in [-0.25, -0.2) is 0 Å². The van der Waals surface area contributed by atoms with Gasteiger partial charge in [0, 0.05) is 37.8 Å². The summed E-state index contributed by atoms with van der Waals surface area (Å²) in [6, 6.07) is 25.3. The van der Waals surface area contributed by atoms with E-state index in [1.54, 1.807) is 17.0 Å². The van der Waals surface area contributed by atoms with Gasteiger partial charge in [-0.2, -0.15) is 0 Å². The molecule has 1 aliphatic rings. The van der Waals surface area contributed by atoms with Crippen molar-refractivity contribution in [2.45, 2.75) is 19.4 Å². The van der Waals surface area contributed by atoms with Gasteiger partial charge in [0.25, 0.3) is 5.91 Å². The lowest BCUT2D eigenvalue weighted by Crippen LogP contribution is -2.24. The molecule has 1 saturated heterocycles. The molecule has 0 unspecified atom stereocenters. The van der Waals surface area contributed by atoms with Crippen LogP contribution in [0.3, 0.4) is 0 Å². The predicted octanol–water partition coefficient (Wildman–Crippen LogP) is 4.70. The highest BCUT2D eigenvalue weighted by Gasteiger charge is 2.22. The Kier molecular flexibility index (Phi) is 5.80. The molecule has 0 radical (unpaired) electrons. The molecule has 0 spiro atoms. The highest BCUT2D eigenvalue weighted by atomic mass is 16.2. The molecule has 1 N–H and O–H groups in total. The van der Waals surface area contributed by atoms with E-state index in [0.717, 1.165) is 30.0 Å². The second-order valence-corrected chi connectivity index (χ2v) is 7.51. The average Bonchev–Trinajstić information content (AvgIpc) is 3.21. The van der Waals surface area contributed by atoms with Crippen LogP contribution in [0.5, 0.6) is 0 Å². The van der Waals surface area contributed by atoms with Crippen LogP contribution in [0.2, 0.25) is 0 Å². The van der Waals surface area contributed by atoms with Gasteiger partial charge in [-0.15, -0.1) is 0 Å². The highest BCUT2D eigenvalue weighted by Crippen LogP contribution is 2.27. The average molecular weight is 399 g/mol. The number of carbonyl (C=O) groups excluding carboxylic acids is 2. The number of anilines is 3. The van der Waals surface area contributed by atoms with Crippen molar-refractivity contribution in [1.82, 2.24) is 0 Å². The largest absolute Gasteiger partial charge is 0.369 e. The molecule has 0 aromatic heterocycles. The SMILES string of the molecule is CN(Cc1ccccc1)c1ccccc1NC(=O)c1cccc(N2CCCC2=O)c1. The molecule has 5 nitrogen and oxygen atoms in total. The lowest BCUT2D eigenvalue weighted by Gasteiger charge is -2.23. The standard InChI is InChI=1S/C25H25N3O2/c1-27(18-19-9-3-2-4-10-19)23-14-6-5-13-22(23)26-25(30)20-11-7-12-21(17-20)28-16-8-15-24(28)29/h2-7,9-14,17H,8,15-16,18H2,1H3,(H,26,30). The van der Waals surface area contributed by atoms with Crippen molar-refractivity contribution in [3.63, 3.8) is 0 Å². The minimum atomic E-state index is -0.191. The molecule has 1 aliphatic heterocycles. The summed E-state index contributed by atoms with van der Waals surface area (Å²) in [4.78, 5) is 28.9. The normalized spacial score (nSPS) is 13.4. The molecule has 3 aromatic rings. The summed E-state index contributed by atoms with van der Waals surface area (Å²) in [6.07, 6.45) is 1.42. The van der Waals surface area contributed by atoms with Crippen molar-refractivity contribution in [3.8, 4) is 0 Å². The van der Waals surface area contributed by atoms with E-state index in [4.69, 9.17) is 0 Å². The highest BCUT2D eigenvalue weighted by molar-refractivity contribution is 6.07. The molecular formula is C25H25N3O2. The number of hydrogen-bond donors (Lipinski definition) is 1. The molecule has 1 fully saturated rings. The van der Waals surface area contributed by atoms with Gasteiger partial charge in [0.15, 0.2) is 0 Å². The van der Waals surface area contributed by atoms with E-state index in [9.17, 15) is 9.59 Å². The Morgan fingerprint density at radius 2 is 1.77 bits per heavy atom. The van der Waals surface area contributed by atoms with Crippen molar-refractivity contribution < 1.29 is 9.59 Å². The Morgan fingerprint density at radius 3 is 2.53 bits per heavy atom. The van der Waals surface area contributed by atoms with Crippen molar-refractivity contribution in [2.24, 2.45) is 0 Å². The fraction of sp³-hybridized carbons (Fsp3) is 0.200. The van der Waals surface area contributed by atoms with Gasteiger partial charge in [0.1, 0.15) is 0 Å². The number of nitrogens with one attached hydrogen (secondary N) is 1. The molecule has 0 aliphatic carbocycles. The van der Waals surface area contributed by atoms with E-state index in [1.807, 2.05) is 61.6 Å². The summed E-state index contributed by atoms with van der Waals surface area (Å²) in [6.45, 7) is 1.44. The minimum Gasteiger partial charge on any atom is -0.369 e. The first-order chi connectivity index (χ1) is 14.6. The van der Waals surface area contributed by atoms with E-state index in [2.05, 4.69) is 22.3 Å². The Hall–Kier alpha value is -3.60. The first kappa shape index (κ1) is 19.7. The maximum absolute atomic E-state index is 13.0. The van der Waals surface area contributed by atoms with Crippen molar-refractivity contribution in [1.29, 1.82) is 0 Å². The number of para-hydroxylation sites is 2. The van der Waals surface area contributed by atoms with Crippen LogP contribution in [-0.2, 0) is 11.3 Å². The van der Waals surface area contributed by atoms with Crippen molar-refractivity contribution in [2.75, 3.05) is 28.7 Å². The maximum atomic E-state index is 13.0. The second-order valence-electron chi connectivity index (χ2n) is 7.51.